The van der Waals surface area contributed by atoms with Gasteiger partial charge in [0.2, 0.25) is 0 Å². The maximum Gasteiger partial charge on any atom is 0.132 e. The second-order valence-corrected chi connectivity index (χ2v) is 8.59. The van der Waals surface area contributed by atoms with Crippen molar-refractivity contribution in [1.82, 2.24) is 25.5 Å². The van der Waals surface area contributed by atoms with Crippen molar-refractivity contribution in [2.45, 2.75) is 18.8 Å². The first kappa shape index (κ1) is 28.4. The zero-order chi connectivity index (χ0) is 23.1. The molecule has 0 spiro atoms. The maximum atomic E-state index is 14.6. The third kappa shape index (κ3) is 5.29. The summed E-state index contributed by atoms with van der Waals surface area (Å²) in [6.07, 6.45) is 10.6. The van der Waals surface area contributed by atoms with Gasteiger partial charge in [0.1, 0.15) is 11.6 Å². The molecule has 1 aromatic carbocycles. The van der Waals surface area contributed by atoms with E-state index < -0.39 is 0 Å². The van der Waals surface area contributed by atoms with Crippen molar-refractivity contribution < 1.29 is 8.81 Å². The monoisotopic (exact) mass is 562 g/mol. The minimum absolute atomic E-state index is 0. The topological polar surface area (TPSA) is 106 Å². The Morgan fingerprint density at radius 1 is 0.892 bits per heavy atom. The molecular weight excluding hydrogens is 538 g/mol. The molecule has 37 heavy (non-hydrogen) atoms. The molecule has 5 heterocycles. The quantitative estimate of drug-likeness (QED) is 0.234. The number of piperidine rings is 1. The molecule has 1 aliphatic rings. The van der Waals surface area contributed by atoms with E-state index in [0.717, 1.165) is 59.3 Å². The van der Waals surface area contributed by atoms with Crippen LogP contribution in [0.4, 0.5) is 10.2 Å². The molecule has 0 radical (unpaired) electrons. The zero-order valence-electron chi connectivity index (χ0n) is 19.6. The molecule has 1 saturated heterocycles. The standard InChI is InChI=1S/C26H23FN6O.3ClH/c27-23-2-1-18(16-5-8-34-14-16)19-10-24(30-12-22(19)23)20-9-17(11-31-26(20)28)21-13-32-33-25(21)15-3-6-29-7-4-15;;;/h1-2,5,8-15,29H,3-4,6-7H2,(H2,28,31)(H,32,33);3*1H. The number of furan rings is 1. The molecule has 4 aromatic heterocycles. The van der Waals surface area contributed by atoms with Gasteiger partial charge >= 0.3 is 0 Å². The Morgan fingerprint density at radius 3 is 2.46 bits per heavy atom. The zero-order valence-corrected chi connectivity index (χ0v) is 22.1. The molecule has 4 N–H and O–H groups in total. The normalized spacial score (nSPS) is 13.4. The van der Waals surface area contributed by atoms with Crippen LogP contribution in [0.1, 0.15) is 24.5 Å². The van der Waals surface area contributed by atoms with E-state index in [2.05, 4.69) is 25.5 Å². The number of hydrogen-bond donors (Lipinski definition) is 3. The minimum Gasteiger partial charge on any atom is -0.472 e. The van der Waals surface area contributed by atoms with Crippen molar-refractivity contribution in [3.8, 4) is 33.5 Å². The fourth-order valence-electron chi connectivity index (χ4n) is 4.79. The molecule has 1 aliphatic heterocycles. The Labute approximate surface area is 231 Å². The Balaban J connectivity index is 0.00000127. The number of H-pyrrole nitrogens is 1. The number of aromatic amines is 1. The van der Waals surface area contributed by atoms with Crippen LogP contribution in [0.3, 0.4) is 0 Å². The van der Waals surface area contributed by atoms with Crippen LogP contribution in [0.2, 0.25) is 0 Å². The summed E-state index contributed by atoms with van der Waals surface area (Å²) in [6, 6.07) is 8.90. The van der Waals surface area contributed by atoms with E-state index in [-0.39, 0.29) is 43.0 Å². The number of fused-ring (bicyclic) bond motifs is 1. The van der Waals surface area contributed by atoms with Crippen molar-refractivity contribution in [3.05, 3.63) is 73.0 Å². The lowest BCUT2D eigenvalue weighted by atomic mass is 9.90. The van der Waals surface area contributed by atoms with Gasteiger partial charge in [0.25, 0.3) is 0 Å². The minimum atomic E-state index is -0.328. The molecule has 0 saturated carbocycles. The molecule has 0 atom stereocenters. The summed E-state index contributed by atoms with van der Waals surface area (Å²) in [6.45, 7) is 1.97. The van der Waals surface area contributed by atoms with E-state index in [9.17, 15) is 4.39 Å². The number of anilines is 1. The lowest BCUT2D eigenvalue weighted by molar-refractivity contribution is 0.453. The first-order valence-corrected chi connectivity index (χ1v) is 11.3. The van der Waals surface area contributed by atoms with Crippen LogP contribution in [-0.2, 0) is 0 Å². The van der Waals surface area contributed by atoms with Crippen molar-refractivity contribution in [2.24, 2.45) is 0 Å². The van der Waals surface area contributed by atoms with Crippen molar-refractivity contribution in [3.63, 3.8) is 0 Å². The van der Waals surface area contributed by atoms with Crippen molar-refractivity contribution in [2.75, 3.05) is 18.8 Å². The molecule has 0 aliphatic carbocycles. The van der Waals surface area contributed by atoms with Gasteiger partial charge in [-0.3, -0.25) is 10.1 Å². The molecule has 1 fully saturated rings. The molecule has 6 rings (SSSR count). The van der Waals surface area contributed by atoms with Gasteiger partial charge in [-0.25, -0.2) is 9.37 Å². The highest BCUT2D eigenvalue weighted by molar-refractivity contribution is 5.98. The number of aromatic nitrogens is 4. The van der Waals surface area contributed by atoms with Gasteiger partial charge in [0, 0.05) is 52.1 Å². The lowest BCUT2D eigenvalue weighted by Crippen LogP contribution is -2.27. The predicted octanol–water partition coefficient (Wildman–Crippen LogP) is 6.40. The number of pyridine rings is 2. The van der Waals surface area contributed by atoms with Crippen molar-refractivity contribution >= 4 is 53.8 Å². The van der Waals surface area contributed by atoms with Crippen LogP contribution in [0.15, 0.2) is 65.9 Å². The summed E-state index contributed by atoms with van der Waals surface area (Å²) in [7, 11) is 0. The second kappa shape index (κ2) is 11.9. The van der Waals surface area contributed by atoms with E-state index >= 15 is 0 Å². The van der Waals surface area contributed by atoms with Gasteiger partial charge in [-0.2, -0.15) is 5.10 Å². The third-order valence-corrected chi connectivity index (χ3v) is 6.58. The van der Waals surface area contributed by atoms with Crippen LogP contribution < -0.4 is 11.1 Å². The number of halogens is 4. The average Bonchev–Trinajstić information content (AvgIpc) is 3.58. The van der Waals surface area contributed by atoms with Crippen molar-refractivity contribution in [1.29, 1.82) is 0 Å². The summed E-state index contributed by atoms with van der Waals surface area (Å²) in [5.41, 5.74) is 12.3. The number of nitrogens with two attached hydrogens (primary N) is 1. The summed E-state index contributed by atoms with van der Waals surface area (Å²) < 4.78 is 19.8. The summed E-state index contributed by atoms with van der Waals surface area (Å²) in [4.78, 5) is 9.00. The van der Waals surface area contributed by atoms with Gasteiger partial charge in [0.05, 0.1) is 23.9 Å². The smallest absolute Gasteiger partial charge is 0.132 e. The third-order valence-electron chi connectivity index (χ3n) is 6.58. The van der Waals surface area contributed by atoms with E-state index in [1.54, 1.807) is 31.0 Å². The SMILES string of the molecule is Cl.Cl.Cl.Nc1ncc(-c2c[nH]nc2C2CCNCC2)cc1-c1cc2c(-c3ccoc3)ccc(F)c2cn1. The Hall–Kier alpha value is -3.17. The van der Waals surface area contributed by atoms with Crippen LogP contribution in [-0.4, -0.2) is 33.3 Å². The van der Waals surface area contributed by atoms with Gasteiger partial charge in [-0.15, -0.1) is 37.2 Å². The molecule has 0 amide bonds. The Morgan fingerprint density at radius 2 is 1.70 bits per heavy atom. The fraction of sp³-hybridized carbons (Fsp3) is 0.192. The number of nitrogens with zero attached hydrogens (tertiary/aromatic N) is 3. The number of nitrogen functional groups attached to an aromatic ring is 1. The summed E-state index contributed by atoms with van der Waals surface area (Å²) in [5.74, 6) is 0.428. The highest BCUT2D eigenvalue weighted by Gasteiger charge is 2.22. The van der Waals surface area contributed by atoms with Gasteiger partial charge in [-0.1, -0.05) is 6.07 Å². The summed E-state index contributed by atoms with van der Waals surface area (Å²) in [5, 5.41) is 12.1. The largest absolute Gasteiger partial charge is 0.472 e. The van der Waals surface area contributed by atoms with Gasteiger partial charge < -0.3 is 15.5 Å². The number of benzene rings is 1. The van der Waals surface area contributed by atoms with Crippen LogP contribution in [0.5, 0.6) is 0 Å². The Bertz CT molecular complexity index is 1490. The second-order valence-electron chi connectivity index (χ2n) is 8.59. The predicted molar refractivity (Wildman–Crippen MR) is 151 cm³/mol. The number of nitrogens with one attached hydrogen (secondary N) is 2. The molecular formula is C26H26Cl3FN6O. The van der Waals surface area contributed by atoms with E-state index in [1.165, 1.54) is 6.07 Å². The van der Waals surface area contributed by atoms with Crippen LogP contribution in [0, 0.1) is 5.82 Å². The molecule has 7 nitrogen and oxygen atoms in total. The Kier molecular flexibility index (Phi) is 9.15. The molecule has 5 aromatic rings. The maximum absolute atomic E-state index is 14.6. The highest BCUT2D eigenvalue weighted by atomic mass is 35.5. The highest BCUT2D eigenvalue weighted by Crippen LogP contribution is 2.37. The van der Waals surface area contributed by atoms with E-state index in [4.69, 9.17) is 10.2 Å². The molecule has 11 heteroatoms. The average molecular weight is 564 g/mol. The first-order valence-electron chi connectivity index (χ1n) is 11.3. The first-order chi connectivity index (χ1) is 16.7. The van der Waals surface area contributed by atoms with E-state index in [1.807, 2.05) is 24.4 Å². The summed E-state index contributed by atoms with van der Waals surface area (Å²) >= 11 is 0. The fourth-order valence-corrected chi connectivity index (χ4v) is 4.79. The van der Waals surface area contributed by atoms with Gasteiger partial charge in [-0.05, 0) is 61.1 Å². The van der Waals surface area contributed by atoms with E-state index in [0.29, 0.717) is 28.4 Å². The lowest BCUT2D eigenvalue weighted by Gasteiger charge is -2.22. The van der Waals surface area contributed by atoms with Crippen LogP contribution in [0.25, 0.3) is 44.3 Å². The number of rotatable bonds is 4. The number of hydrogen-bond acceptors (Lipinski definition) is 6. The molecule has 194 valence electrons. The van der Waals surface area contributed by atoms with Crippen LogP contribution >= 0.6 is 37.2 Å². The molecule has 0 unspecified atom stereocenters. The van der Waals surface area contributed by atoms with Gasteiger partial charge in [0.15, 0.2) is 0 Å². The molecule has 0 bridgehead atoms.